The fraction of sp³-hybridized carbons (Fsp3) is 0.688. The third kappa shape index (κ3) is 4.61. The highest BCUT2D eigenvalue weighted by molar-refractivity contribution is 5.77. The highest BCUT2D eigenvalue weighted by atomic mass is 19.4. The van der Waals surface area contributed by atoms with Gasteiger partial charge in [0.15, 0.2) is 0 Å². The molecule has 7 nitrogen and oxygen atoms in total. The van der Waals surface area contributed by atoms with Crippen molar-refractivity contribution >= 4 is 11.9 Å². The maximum Gasteiger partial charge on any atom is 0.433 e. The number of hydrogen-bond acceptors (Lipinski definition) is 6. The van der Waals surface area contributed by atoms with Crippen molar-refractivity contribution in [3.63, 3.8) is 0 Å². The van der Waals surface area contributed by atoms with Gasteiger partial charge in [0.05, 0.1) is 19.1 Å². The van der Waals surface area contributed by atoms with Crippen molar-refractivity contribution in [2.45, 2.75) is 25.6 Å². The standard InChI is InChI=1S/C16H22F3N5O2/c1-11-8-13(16(17,18)19)22-15(21-11)24-5-3-23(4-6-24)14(25)9-12-10-20-2-7-26-12/h8,12,20H,2-7,9-10H2,1H3/t12-/m0/s1. The summed E-state index contributed by atoms with van der Waals surface area (Å²) in [5.74, 6) is 0.0590. The van der Waals surface area contributed by atoms with E-state index in [9.17, 15) is 18.0 Å². The van der Waals surface area contributed by atoms with Crippen molar-refractivity contribution in [1.82, 2.24) is 20.2 Å². The number of halogens is 3. The van der Waals surface area contributed by atoms with Gasteiger partial charge in [0.2, 0.25) is 11.9 Å². The van der Waals surface area contributed by atoms with Gasteiger partial charge in [-0.3, -0.25) is 4.79 Å². The zero-order valence-electron chi connectivity index (χ0n) is 14.6. The number of aromatic nitrogens is 2. The minimum Gasteiger partial charge on any atom is -0.375 e. The summed E-state index contributed by atoms with van der Waals surface area (Å²) in [5.41, 5.74) is -0.678. The minimum atomic E-state index is -4.51. The van der Waals surface area contributed by atoms with Crippen LogP contribution in [-0.4, -0.2) is 72.8 Å². The Morgan fingerprint density at radius 2 is 2.04 bits per heavy atom. The Kier molecular flexibility index (Phi) is 5.61. The Morgan fingerprint density at radius 3 is 2.65 bits per heavy atom. The van der Waals surface area contributed by atoms with Crippen molar-refractivity contribution in [2.24, 2.45) is 0 Å². The van der Waals surface area contributed by atoms with Crippen LogP contribution in [0, 0.1) is 6.92 Å². The first-order valence-electron chi connectivity index (χ1n) is 8.61. The molecule has 0 bridgehead atoms. The van der Waals surface area contributed by atoms with Gasteiger partial charge in [-0.1, -0.05) is 0 Å². The average molecular weight is 373 g/mol. The molecule has 1 N–H and O–H groups in total. The van der Waals surface area contributed by atoms with Crippen molar-refractivity contribution in [1.29, 1.82) is 0 Å². The van der Waals surface area contributed by atoms with Crippen LogP contribution in [0.3, 0.4) is 0 Å². The van der Waals surface area contributed by atoms with E-state index in [1.807, 2.05) is 0 Å². The largest absolute Gasteiger partial charge is 0.433 e. The van der Waals surface area contributed by atoms with Crippen LogP contribution >= 0.6 is 0 Å². The van der Waals surface area contributed by atoms with Crippen LogP contribution in [0.5, 0.6) is 0 Å². The van der Waals surface area contributed by atoms with E-state index in [1.165, 1.54) is 6.92 Å². The molecule has 0 radical (unpaired) electrons. The minimum absolute atomic E-state index is 0.000471. The molecule has 2 aliphatic heterocycles. The number of carbonyl (C=O) groups is 1. The lowest BCUT2D eigenvalue weighted by molar-refractivity contribution is -0.141. The first-order valence-corrected chi connectivity index (χ1v) is 8.61. The highest BCUT2D eigenvalue weighted by Gasteiger charge is 2.34. The van der Waals surface area contributed by atoms with Crippen LogP contribution < -0.4 is 10.2 Å². The lowest BCUT2D eigenvalue weighted by atomic mass is 10.2. The van der Waals surface area contributed by atoms with Crippen LogP contribution in [0.2, 0.25) is 0 Å². The molecule has 1 atom stereocenters. The van der Waals surface area contributed by atoms with E-state index in [0.717, 1.165) is 12.6 Å². The number of hydrogen-bond donors (Lipinski definition) is 1. The molecule has 2 saturated heterocycles. The van der Waals surface area contributed by atoms with Gasteiger partial charge in [-0.2, -0.15) is 13.2 Å². The van der Waals surface area contributed by atoms with Gasteiger partial charge >= 0.3 is 6.18 Å². The van der Waals surface area contributed by atoms with Crippen LogP contribution in [-0.2, 0) is 15.7 Å². The summed E-state index contributed by atoms with van der Waals surface area (Å²) in [6.07, 6.45) is -4.32. The van der Waals surface area contributed by atoms with Gasteiger partial charge in [-0.05, 0) is 13.0 Å². The van der Waals surface area contributed by atoms with Crippen molar-refractivity contribution in [2.75, 3.05) is 50.8 Å². The van der Waals surface area contributed by atoms with Gasteiger partial charge in [0.1, 0.15) is 5.69 Å². The van der Waals surface area contributed by atoms with E-state index < -0.39 is 11.9 Å². The number of morpholine rings is 1. The fourth-order valence-corrected chi connectivity index (χ4v) is 3.07. The Hall–Kier alpha value is -1.94. The van der Waals surface area contributed by atoms with Gasteiger partial charge in [0, 0.05) is 45.0 Å². The summed E-state index contributed by atoms with van der Waals surface area (Å²) in [4.78, 5) is 23.5. The second-order valence-electron chi connectivity index (χ2n) is 6.46. The molecule has 2 fully saturated rings. The zero-order valence-corrected chi connectivity index (χ0v) is 14.6. The SMILES string of the molecule is Cc1cc(C(F)(F)F)nc(N2CCN(C(=O)C[C@H]3CNCCO3)CC2)n1. The average Bonchev–Trinajstić information content (AvgIpc) is 2.61. The van der Waals surface area contributed by atoms with Gasteiger partial charge in [0.25, 0.3) is 0 Å². The molecule has 1 amide bonds. The number of alkyl halides is 3. The molecular formula is C16H22F3N5O2. The molecule has 26 heavy (non-hydrogen) atoms. The van der Waals surface area contributed by atoms with Crippen LogP contribution in [0.4, 0.5) is 19.1 Å². The van der Waals surface area contributed by atoms with Gasteiger partial charge in [-0.25, -0.2) is 9.97 Å². The normalized spacial score (nSPS) is 21.8. The lowest BCUT2D eigenvalue weighted by Crippen LogP contribution is -2.51. The van der Waals surface area contributed by atoms with E-state index in [4.69, 9.17) is 4.74 Å². The molecule has 1 aromatic rings. The number of anilines is 1. The summed E-state index contributed by atoms with van der Waals surface area (Å²) >= 11 is 0. The van der Waals surface area contributed by atoms with Crippen molar-refractivity contribution in [3.8, 4) is 0 Å². The molecule has 1 aromatic heterocycles. The quantitative estimate of drug-likeness (QED) is 0.847. The summed E-state index contributed by atoms with van der Waals surface area (Å²) in [7, 11) is 0. The van der Waals surface area contributed by atoms with E-state index in [0.29, 0.717) is 45.8 Å². The number of rotatable bonds is 3. The smallest absolute Gasteiger partial charge is 0.375 e. The Balaban J connectivity index is 1.58. The molecule has 3 rings (SSSR count). The summed E-state index contributed by atoms with van der Waals surface area (Å²) < 4.78 is 44.3. The van der Waals surface area contributed by atoms with Crippen LogP contribution in [0.25, 0.3) is 0 Å². The van der Waals surface area contributed by atoms with Crippen molar-refractivity contribution in [3.05, 3.63) is 17.5 Å². The van der Waals surface area contributed by atoms with E-state index in [2.05, 4.69) is 15.3 Å². The van der Waals surface area contributed by atoms with Crippen LogP contribution in [0.15, 0.2) is 6.07 Å². The molecule has 0 unspecified atom stereocenters. The highest BCUT2D eigenvalue weighted by Crippen LogP contribution is 2.29. The molecule has 0 aliphatic carbocycles. The number of nitrogens with zero attached hydrogens (tertiary/aromatic N) is 4. The van der Waals surface area contributed by atoms with E-state index >= 15 is 0 Å². The van der Waals surface area contributed by atoms with Crippen molar-refractivity contribution < 1.29 is 22.7 Å². The molecule has 2 aliphatic rings. The summed E-state index contributed by atoms with van der Waals surface area (Å²) in [6.45, 7) is 5.21. The van der Waals surface area contributed by atoms with Gasteiger partial charge < -0.3 is 19.9 Å². The molecular weight excluding hydrogens is 351 g/mol. The first kappa shape index (κ1) is 18.8. The molecule has 0 aromatic carbocycles. The fourth-order valence-electron chi connectivity index (χ4n) is 3.07. The Labute approximate surface area is 149 Å². The van der Waals surface area contributed by atoms with Crippen LogP contribution in [0.1, 0.15) is 17.8 Å². The number of carbonyl (C=O) groups excluding carboxylic acids is 1. The topological polar surface area (TPSA) is 70.6 Å². The number of nitrogens with one attached hydrogen (secondary N) is 1. The number of amides is 1. The number of ether oxygens (including phenoxy) is 1. The maximum absolute atomic E-state index is 12.9. The lowest BCUT2D eigenvalue weighted by Gasteiger charge is -2.36. The molecule has 0 spiro atoms. The summed E-state index contributed by atoms with van der Waals surface area (Å²) in [5, 5.41) is 3.18. The predicted molar refractivity (Wildman–Crippen MR) is 87.8 cm³/mol. The summed E-state index contributed by atoms with van der Waals surface area (Å²) in [6, 6.07) is 0.932. The second kappa shape index (κ2) is 7.75. The molecule has 144 valence electrons. The van der Waals surface area contributed by atoms with E-state index in [1.54, 1.807) is 9.80 Å². The maximum atomic E-state index is 12.9. The number of aryl methyl sites for hydroxylation is 1. The van der Waals surface area contributed by atoms with E-state index in [-0.39, 0.29) is 23.7 Å². The predicted octanol–water partition coefficient (Wildman–Crippen LogP) is 0.831. The van der Waals surface area contributed by atoms with Gasteiger partial charge in [-0.15, -0.1) is 0 Å². The number of piperazine rings is 1. The Morgan fingerprint density at radius 1 is 1.31 bits per heavy atom. The molecule has 10 heteroatoms. The third-order valence-electron chi connectivity index (χ3n) is 4.45. The monoisotopic (exact) mass is 373 g/mol. The molecule has 0 saturated carbocycles. The zero-order chi connectivity index (χ0) is 18.7. The Bertz CT molecular complexity index is 641. The second-order valence-corrected chi connectivity index (χ2v) is 6.46. The first-order chi connectivity index (χ1) is 12.3. The molecule has 3 heterocycles. The third-order valence-corrected chi connectivity index (χ3v) is 4.45.